The molecule has 0 heterocycles. The van der Waals surface area contributed by atoms with E-state index in [4.69, 9.17) is 0 Å². The van der Waals surface area contributed by atoms with Crippen LogP contribution >= 0.6 is 0 Å². The quantitative estimate of drug-likeness (QED) is 0.264. The summed E-state index contributed by atoms with van der Waals surface area (Å²) in [5.41, 5.74) is 0. The highest BCUT2D eigenvalue weighted by atomic mass is 32.3. The van der Waals surface area contributed by atoms with Gasteiger partial charge in [-0.05, 0) is 6.58 Å². The van der Waals surface area contributed by atoms with Gasteiger partial charge in [0.1, 0.15) is 0 Å². The van der Waals surface area contributed by atoms with E-state index in [0.717, 1.165) is 0 Å². The Labute approximate surface area is 123 Å². The third-order valence-electron chi connectivity index (χ3n) is 2.02. The van der Waals surface area contributed by atoms with E-state index in [0.29, 0.717) is 0 Å². The van der Waals surface area contributed by atoms with Gasteiger partial charge in [-0.15, -0.1) is 6.58 Å². The Balaban J connectivity index is 5.93. The standard InChI is InChI=1S/C9H7F9O4S/c1-3-4-6(11,7(12,13)21-5(2)10)22-8(14,15)9(16,17)23(18,19)20/h3H,1-2,4H2. The second kappa shape index (κ2) is 6.22. The average Bonchev–Trinajstić information content (AvgIpc) is 2.24. The predicted octanol–water partition coefficient (Wildman–Crippen LogP) is 3.78. The average molecular weight is 382 g/mol. The number of rotatable bonds is 9. The van der Waals surface area contributed by atoms with Gasteiger partial charge in [-0.25, -0.2) is 4.39 Å². The van der Waals surface area contributed by atoms with E-state index >= 15 is 0 Å². The van der Waals surface area contributed by atoms with E-state index in [1.54, 1.807) is 0 Å². The molecule has 0 aliphatic heterocycles. The first-order valence-corrected chi connectivity index (χ1v) is 6.43. The van der Waals surface area contributed by atoms with Crippen LogP contribution in [-0.4, -0.2) is 31.7 Å². The predicted molar refractivity (Wildman–Crippen MR) is 55.9 cm³/mol. The topological polar surface area (TPSA) is 52.6 Å². The first-order chi connectivity index (χ1) is 9.93. The second-order valence-corrected chi connectivity index (χ2v) is 5.16. The molecule has 1 unspecified atom stereocenters. The summed E-state index contributed by atoms with van der Waals surface area (Å²) in [5, 5.41) is -6.73. The van der Waals surface area contributed by atoms with Crippen molar-refractivity contribution in [2.45, 2.75) is 29.7 Å². The lowest BCUT2D eigenvalue weighted by molar-refractivity contribution is -0.454. The molecule has 4 nitrogen and oxygen atoms in total. The lowest BCUT2D eigenvalue weighted by atomic mass is 10.2. The van der Waals surface area contributed by atoms with Crippen LogP contribution < -0.4 is 0 Å². The number of hydrogen-bond acceptors (Lipinski definition) is 4. The Bertz CT molecular complexity index is 574. The first kappa shape index (κ1) is 21.6. The highest BCUT2D eigenvalue weighted by Crippen LogP contribution is 2.48. The Hall–Kier alpha value is -1.44. The molecule has 0 N–H and O–H groups in total. The Morgan fingerprint density at radius 2 is 1.48 bits per heavy atom. The molecule has 0 aliphatic rings. The van der Waals surface area contributed by atoms with Gasteiger partial charge in [-0.3, -0.25) is 4.74 Å². The van der Waals surface area contributed by atoms with Crippen LogP contribution in [0.1, 0.15) is 6.42 Å². The van der Waals surface area contributed by atoms with Crippen LogP contribution in [0, 0.1) is 0 Å². The number of hydrogen-bond donors (Lipinski definition) is 0. The van der Waals surface area contributed by atoms with Crippen LogP contribution in [-0.2, 0) is 19.7 Å². The van der Waals surface area contributed by atoms with Gasteiger partial charge in [0.05, 0.1) is 0 Å². The van der Waals surface area contributed by atoms with Crippen LogP contribution in [0.3, 0.4) is 0 Å². The fourth-order valence-corrected chi connectivity index (χ4v) is 1.35. The van der Waals surface area contributed by atoms with E-state index < -0.39 is 46.0 Å². The van der Waals surface area contributed by atoms with E-state index in [9.17, 15) is 47.4 Å². The molecule has 0 radical (unpaired) electrons. The van der Waals surface area contributed by atoms with Crippen molar-refractivity contribution in [1.29, 1.82) is 0 Å². The third kappa shape index (κ3) is 4.31. The molecule has 0 saturated heterocycles. The van der Waals surface area contributed by atoms with Crippen LogP contribution in [0.5, 0.6) is 0 Å². The van der Waals surface area contributed by atoms with E-state index in [1.165, 1.54) is 0 Å². The molecule has 0 bridgehead atoms. The van der Waals surface area contributed by atoms with Gasteiger partial charge >= 0.3 is 33.5 Å². The fraction of sp³-hybridized carbons (Fsp3) is 0.556. The van der Waals surface area contributed by atoms with Gasteiger partial charge in [-0.2, -0.15) is 39.2 Å². The lowest BCUT2D eigenvalue weighted by Gasteiger charge is -2.35. The van der Waals surface area contributed by atoms with Crippen LogP contribution in [0.2, 0.25) is 0 Å². The van der Waals surface area contributed by atoms with Gasteiger partial charge in [0.15, 0.2) is 0 Å². The summed E-state index contributed by atoms with van der Waals surface area (Å²) in [4.78, 5) is 0. The monoisotopic (exact) mass is 382 g/mol. The molecule has 0 amide bonds. The van der Waals surface area contributed by atoms with Crippen molar-refractivity contribution in [2.24, 2.45) is 0 Å². The second-order valence-electron chi connectivity index (χ2n) is 3.77. The molecule has 0 aromatic rings. The summed E-state index contributed by atoms with van der Waals surface area (Å²) in [5.74, 6) is -5.25. The largest absolute Gasteiger partial charge is 0.464 e. The van der Waals surface area contributed by atoms with Crippen LogP contribution in [0.25, 0.3) is 0 Å². The minimum Gasteiger partial charge on any atom is -0.402 e. The maximum absolute atomic E-state index is 13.8. The minimum atomic E-state index is -7.39. The smallest absolute Gasteiger partial charge is 0.402 e. The minimum absolute atomic E-state index is 0.108. The van der Waals surface area contributed by atoms with Crippen molar-refractivity contribution in [2.75, 3.05) is 0 Å². The molecule has 14 heteroatoms. The van der Waals surface area contributed by atoms with E-state index in [2.05, 4.69) is 22.6 Å². The van der Waals surface area contributed by atoms with Crippen molar-refractivity contribution >= 4 is 10.2 Å². The Kier molecular flexibility index (Phi) is 5.83. The van der Waals surface area contributed by atoms with Gasteiger partial charge in [0.2, 0.25) is 0 Å². The zero-order valence-electron chi connectivity index (χ0n) is 10.6. The zero-order chi connectivity index (χ0) is 18.9. The van der Waals surface area contributed by atoms with E-state index in [-0.39, 0.29) is 6.08 Å². The Morgan fingerprint density at radius 1 is 1.04 bits per heavy atom. The fourth-order valence-electron chi connectivity index (χ4n) is 1.03. The molecule has 0 aromatic heterocycles. The maximum Gasteiger partial charge on any atom is 0.464 e. The summed E-state index contributed by atoms with van der Waals surface area (Å²) >= 11 is 0. The maximum atomic E-state index is 13.8. The molecule has 0 aliphatic carbocycles. The summed E-state index contributed by atoms with van der Waals surface area (Å²) in [7, 11) is -7.39. The van der Waals surface area contributed by atoms with Crippen molar-refractivity contribution in [3.05, 3.63) is 25.2 Å². The highest BCUT2D eigenvalue weighted by molar-refractivity contribution is 7.87. The summed E-state index contributed by atoms with van der Waals surface area (Å²) < 4.78 is 141. The molecule has 23 heavy (non-hydrogen) atoms. The lowest BCUT2D eigenvalue weighted by Crippen LogP contribution is -2.57. The van der Waals surface area contributed by atoms with Crippen molar-refractivity contribution in [1.82, 2.24) is 0 Å². The van der Waals surface area contributed by atoms with Gasteiger partial charge in [0.25, 0.3) is 6.01 Å². The van der Waals surface area contributed by atoms with Crippen LogP contribution in [0.15, 0.2) is 25.2 Å². The van der Waals surface area contributed by atoms with Gasteiger partial charge < -0.3 is 4.74 Å². The van der Waals surface area contributed by atoms with Crippen molar-refractivity contribution in [3.8, 4) is 0 Å². The number of ether oxygens (including phenoxy) is 2. The highest BCUT2D eigenvalue weighted by Gasteiger charge is 2.74. The molecule has 1 atom stereocenters. The number of alkyl halides is 7. The normalized spacial score (nSPS) is 16.6. The van der Waals surface area contributed by atoms with Crippen LogP contribution in [0.4, 0.5) is 39.0 Å². The molecule has 136 valence electrons. The molecule has 0 rings (SSSR count). The zero-order valence-corrected chi connectivity index (χ0v) is 11.5. The molecule has 0 fully saturated rings. The Morgan fingerprint density at radius 3 is 1.78 bits per heavy atom. The third-order valence-corrected chi connectivity index (χ3v) is 2.87. The molecule has 0 saturated carbocycles. The van der Waals surface area contributed by atoms with Crippen molar-refractivity contribution in [3.63, 3.8) is 0 Å². The summed E-state index contributed by atoms with van der Waals surface area (Å²) in [6.07, 6.45) is -14.2. The molecular formula is C9H7F9O4S. The van der Waals surface area contributed by atoms with Gasteiger partial charge in [-0.1, -0.05) is 9.96 Å². The SMILES string of the molecule is C=CCC(F)(OC(F)(F)C(F)(F)S(=O)(=O)F)C(F)(F)OC(=C)F. The molecular weight excluding hydrogens is 375 g/mol. The van der Waals surface area contributed by atoms with E-state index in [1.807, 2.05) is 0 Å². The summed E-state index contributed by atoms with van der Waals surface area (Å²) in [6, 6.07) is -2.42. The van der Waals surface area contributed by atoms with Crippen molar-refractivity contribution < 1.29 is 56.9 Å². The molecule has 0 spiro atoms. The first-order valence-electron chi connectivity index (χ1n) is 5.04. The van der Waals surface area contributed by atoms with Gasteiger partial charge in [0, 0.05) is 6.42 Å². The number of halogens is 9. The summed E-state index contributed by atoms with van der Waals surface area (Å²) in [6.45, 7) is 4.72. The molecule has 0 aromatic carbocycles.